The molecule has 0 fully saturated rings. The van der Waals surface area contributed by atoms with E-state index in [0.717, 1.165) is 6.92 Å². The van der Waals surface area contributed by atoms with Gasteiger partial charge in [-0.25, -0.2) is 0 Å². The van der Waals surface area contributed by atoms with Crippen LogP contribution in [0.15, 0.2) is 0 Å². The van der Waals surface area contributed by atoms with Gasteiger partial charge in [0.15, 0.2) is 0 Å². The SMILES string of the molecule is CC(=O)[O-].F.F.F.[Li+]. The zero-order valence-electron chi connectivity index (χ0n) is 4.54. The molecular formula is C2H6F3LiO2. The summed E-state index contributed by atoms with van der Waals surface area (Å²) in [6.07, 6.45) is 0. The Hall–Kier alpha value is -0.143. The van der Waals surface area contributed by atoms with E-state index in [0.29, 0.717) is 0 Å². The minimum Gasteiger partial charge on any atom is -0.550 e. The van der Waals surface area contributed by atoms with Crippen molar-refractivity contribution in [1.82, 2.24) is 0 Å². The average molecular weight is 126 g/mol. The molecule has 0 atom stereocenters. The van der Waals surface area contributed by atoms with Gasteiger partial charge < -0.3 is 9.90 Å². The van der Waals surface area contributed by atoms with Gasteiger partial charge in [-0.05, 0) is 6.92 Å². The van der Waals surface area contributed by atoms with Crippen molar-refractivity contribution >= 4 is 5.97 Å². The van der Waals surface area contributed by atoms with Crippen molar-refractivity contribution in [3.05, 3.63) is 0 Å². The van der Waals surface area contributed by atoms with Gasteiger partial charge in [0.2, 0.25) is 0 Å². The zero-order chi connectivity index (χ0) is 3.58. The zero-order valence-corrected chi connectivity index (χ0v) is 4.54. The molecule has 0 spiro atoms. The maximum atomic E-state index is 8.89. The Kier molecular flexibility index (Phi) is 163. The van der Waals surface area contributed by atoms with Crippen LogP contribution in [0, 0.1) is 0 Å². The summed E-state index contributed by atoms with van der Waals surface area (Å²) >= 11 is 0. The number of carbonyl (C=O) groups excluding carboxylic acids is 1. The summed E-state index contributed by atoms with van der Waals surface area (Å²) in [4.78, 5) is 8.89. The first-order valence-corrected chi connectivity index (χ1v) is 0.908. The third-order valence-electron chi connectivity index (χ3n) is 0. The minimum absolute atomic E-state index is 0. The molecule has 0 aliphatic carbocycles. The van der Waals surface area contributed by atoms with E-state index in [9.17, 15) is 0 Å². The van der Waals surface area contributed by atoms with Gasteiger partial charge in [-0.3, -0.25) is 14.1 Å². The Morgan fingerprint density at radius 1 is 1.25 bits per heavy atom. The molecular weight excluding hydrogens is 120 g/mol. The Balaban J connectivity index is -0.00000000750. The number of hydrogen-bond donors (Lipinski definition) is 0. The third kappa shape index (κ3) is 6800. The number of rotatable bonds is 0. The molecule has 8 heavy (non-hydrogen) atoms. The van der Waals surface area contributed by atoms with E-state index in [2.05, 4.69) is 0 Å². The molecule has 0 aliphatic heterocycles. The maximum absolute atomic E-state index is 8.89. The van der Waals surface area contributed by atoms with Crippen molar-refractivity contribution in [3.8, 4) is 0 Å². The molecule has 0 unspecified atom stereocenters. The number of halogens is 3. The van der Waals surface area contributed by atoms with E-state index in [4.69, 9.17) is 9.90 Å². The maximum Gasteiger partial charge on any atom is 1.00 e. The second kappa shape index (κ2) is 28.8. The normalized spacial score (nSPS) is 3.12. The van der Waals surface area contributed by atoms with Gasteiger partial charge in [0, 0.05) is 5.97 Å². The number of carbonyl (C=O) groups is 1. The number of carboxylic acid groups (broad SMARTS) is 1. The smallest absolute Gasteiger partial charge is 0.550 e. The molecule has 0 aliphatic rings. The molecule has 2 nitrogen and oxygen atoms in total. The van der Waals surface area contributed by atoms with E-state index in [-0.39, 0.29) is 33.0 Å². The molecule has 0 amide bonds. The first-order valence-electron chi connectivity index (χ1n) is 0.908. The second-order valence-electron chi connectivity index (χ2n) is 0.492. The van der Waals surface area contributed by atoms with Crippen LogP contribution >= 0.6 is 0 Å². The van der Waals surface area contributed by atoms with Gasteiger partial charge in [0.25, 0.3) is 0 Å². The third-order valence-corrected chi connectivity index (χ3v) is 0. The first-order chi connectivity index (χ1) is 1.73. The molecule has 0 saturated heterocycles. The van der Waals surface area contributed by atoms with Crippen LogP contribution in [0.5, 0.6) is 0 Å². The average Bonchev–Trinajstić information content (AvgIpc) is 0.811. The van der Waals surface area contributed by atoms with Crippen LogP contribution in [0.2, 0.25) is 0 Å². The van der Waals surface area contributed by atoms with Crippen molar-refractivity contribution in [2.45, 2.75) is 6.92 Å². The van der Waals surface area contributed by atoms with Gasteiger partial charge in [0.05, 0.1) is 0 Å². The Labute approximate surface area is 56.5 Å². The summed E-state index contributed by atoms with van der Waals surface area (Å²) in [5, 5.41) is 8.89. The van der Waals surface area contributed by atoms with Crippen LogP contribution in [0.4, 0.5) is 14.1 Å². The van der Waals surface area contributed by atoms with Crippen LogP contribution in [0.1, 0.15) is 6.92 Å². The summed E-state index contributed by atoms with van der Waals surface area (Å²) in [5.74, 6) is -1.08. The predicted molar refractivity (Wildman–Crippen MR) is 18.2 cm³/mol. The molecule has 0 aromatic heterocycles. The topological polar surface area (TPSA) is 40.1 Å². The van der Waals surface area contributed by atoms with Crippen molar-refractivity contribution < 1.29 is 42.9 Å². The van der Waals surface area contributed by atoms with Gasteiger partial charge in [-0.15, -0.1) is 0 Å². The number of hydrogen-bond acceptors (Lipinski definition) is 2. The Morgan fingerprint density at radius 3 is 1.25 bits per heavy atom. The van der Waals surface area contributed by atoms with Gasteiger partial charge in [-0.1, -0.05) is 0 Å². The Morgan fingerprint density at radius 2 is 1.25 bits per heavy atom. The largest absolute Gasteiger partial charge is 1.00 e. The molecule has 0 bridgehead atoms. The molecule has 0 saturated carbocycles. The number of aliphatic carboxylic acids is 1. The molecule has 0 N–H and O–H groups in total. The Bertz CT molecular complexity index is 38.3. The summed E-state index contributed by atoms with van der Waals surface area (Å²) in [6, 6.07) is 0. The predicted octanol–water partition coefficient (Wildman–Crippen LogP) is -3.78. The molecule has 0 rings (SSSR count). The van der Waals surface area contributed by atoms with E-state index in [1.54, 1.807) is 0 Å². The number of carboxylic acids is 1. The molecule has 6 heteroatoms. The van der Waals surface area contributed by atoms with Crippen LogP contribution in [-0.4, -0.2) is 5.97 Å². The molecule has 0 aromatic carbocycles. The molecule has 0 heterocycles. The molecule has 0 radical (unpaired) electrons. The van der Waals surface area contributed by atoms with Gasteiger partial charge in [0.1, 0.15) is 0 Å². The quantitative estimate of drug-likeness (QED) is 0.312. The second-order valence-corrected chi connectivity index (χ2v) is 0.492. The van der Waals surface area contributed by atoms with Crippen molar-refractivity contribution in [2.24, 2.45) is 0 Å². The van der Waals surface area contributed by atoms with E-state index < -0.39 is 5.97 Å². The minimum atomic E-state index is -1.08. The fraction of sp³-hybridized carbons (Fsp3) is 0.500. The van der Waals surface area contributed by atoms with Crippen LogP contribution in [0.25, 0.3) is 0 Å². The van der Waals surface area contributed by atoms with Crippen molar-refractivity contribution in [3.63, 3.8) is 0 Å². The summed E-state index contributed by atoms with van der Waals surface area (Å²) in [5.41, 5.74) is 0. The monoisotopic (exact) mass is 126 g/mol. The summed E-state index contributed by atoms with van der Waals surface area (Å²) < 4.78 is 0. The van der Waals surface area contributed by atoms with Crippen LogP contribution in [0.3, 0.4) is 0 Å². The first kappa shape index (κ1) is 45.3. The van der Waals surface area contributed by atoms with E-state index in [1.165, 1.54) is 0 Å². The van der Waals surface area contributed by atoms with E-state index >= 15 is 0 Å². The molecule has 0 aromatic rings. The van der Waals surface area contributed by atoms with Crippen molar-refractivity contribution in [2.75, 3.05) is 0 Å². The van der Waals surface area contributed by atoms with Crippen molar-refractivity contribution in [1.29, 1.82) is 0 Å². The fourth-order valence-electron chi connectivity index (χ4n) is 0. The van der Waals surface area contributed by atoms with Crippen LogP contribution < -0.4 is 24.0 Å². The van der Waals surface area contributed by atoms with E-state index in [1.807, 2.05) is 0 Å². The fourth-order valence-corrected chi connectivity index (χ4v) is 0. The molecule has 48 valence electrons. The van der Waals surface area contributed by atoms with Gasteiger partial charge in [-0.2, -0.15) is 0 Å². The van der Waals surface area contributed by atoms with Crippen LogP contribution in [-0.2, 0) is 4.79 Å². The summed E-state index contributed by atoms with van der Waals surface area (Å²) in [6.45, 7) is 0.972. The summed E-state index contributed by atoms with van der Waals surface area (Å²) in [7, 11) is 0. The van der Waals surface area contributed by atoms with Gasteiger partial charge >= 0.3 is 18.9 Å². The standard InChI is InChI=1S/C2H4O2.3FH.Li/c1-2(3)4;;;;/h1H3,(H,3,4);3*1H;/q;;;;+1/p-1.